The van der Waals surface area contributed by atoms with Crippen molar-refractivity contribution >= 4 is 15.9 Å². The minimum Gasteiger partial charge on any atom is -0.0579 e. The van der Waals surface area contributed by atoms with Gasteiger partial charge in [-0.1, -0.05) is 74.8 Å². The lowest BCUT2D eigenvalue weighted by Crippen LogP contribution is -2.17. The van der Waals surface area contributed by atoms with Gasteiger partial charge in [0.2, 0.25) is 0 Å². The molecule has 0 fully saturated rings. The van der Waals surface area contributed by atoms with Crippen LogP contribution in [0.25, 0.3) is 11.1 Å². The zero-order valence-corrected chi connectivity index (χ0v) is 14.4. The van der Waals surface area contributed by atoms with Gasteiger partial charge in [-0.15, -0.1) is 0 Å². The molecule has 0 heterocycles. The summed E-state index contributed by atoms with van der Waals surface area (Å²) in [5, 5.41) is 0. The van der Waals surface area contributed by atoms with Crippen molar-refractivity contribution in [1.29, 1.82) is 0 Å². The molecule has 0 spiro atoms. The van der Waals surface area contributed by atoms with Crippen LogP contribution in [0, 0.1) is 0 Å². The minimum atomic E-state index is 0.0791. The van der Waals surface area contributed by atoms with Gasteiger partial charge in [-0.05, 0) is 45.4 Å². The fourth-order valence-electron chi connectivity index (χ4n) is 3.18. The Hall–Kier alpha value is -1.08. The third-order valence-corrected chi connectivity index (χ3v) is 5.00. The summed E-state index contributed by atoms with van der Waals surface area (Å²) in [6.45, 7) is 11.5. The van der Waals surface area contributed by atoms with Gasteiger partial charge in [0.05, 0.1) is 0 Å². The maximum atomic E-state index is 3.61. The zero-order valence-electron chi connectivity index (χ0n) is 12.8. The van der Waals surface area contributed by atoms with Crippen molar-refractivity contribution in [1.82, 2.24) is 0 Å². The number of hydrogen-bond donors (Lipinski definition) is 0. The van der Waals surface area contributed by atoms with E-state index < -0.39 is 0 Å². The zero-order chi connectivity index (χ0) is 14.7. The molecule has 3 rings (SSSR count). The first-order chi connectivity index (χ1) is 9.21. The first kappa shape index (κ1) is 13.9. The lowest BCUT2D eigenvalue weighted by Gasteiger charge is -2.25. The maximum absolute atomic E-state index is 3.61. The van der Waals surface area contributed by atoms with Crippen LogP contribution in [-0.4, -0.2) is 0 Å². The van der Waals surface area contributed by atoms with Crippen molar-refractivity contribution in [2.24, 2.45) is 0 Å². The van der Waals surface area contributed by atoms with Crippen molar-refractivity contribution in [3.8, 4) is 11.1 Å². The predicted molar refractivity (Wildman–Crippen MR) is 90.4 cm³/mol. The Balaban J connectivity index is 2.27. The second-order valence-electron chi connectivity index (χ2n) is 7.33. The van der Waals surface area contributed by atoms with Gasteiger partial charge in [0.1, 0.15) is 0 Å². The van der Waals surface area contributed by atoms with Crippen molar-refractivity contribution in [2.45, 2.75) is 45.4 Å². The summed E-state index contributed by atoms with van der Waals surface area (Å²) in [5.74, 6) is 0. The Morgan fingerprint density at radius 1 is 0.850 bits per heavy atom. The van der Waals surface area contributed by atoms with Gasteiger partial charge in [0.25, 0.3) is 0 Å². The van der Waals surface area contributed by atoms with Gasteiger partial charge in [0, 0.05) is 9.89 Å². The highest BCUT2D eigenvalue weighted by atomic mass is 79.9. The Labute approximate surface area is 130 Å². The van der Waals surface area contributed by atoms with E-state index in [1.807, 2.05) is 0 Å². The van der Waals surface area contributed by atoms with E-state index in [1.54, 1.807) is 0 Å². The molecule has 0 amide bonds. The van der Waals surface area contributed by atoms with Crippen molar-refractivity contribution in [3.05, 3.63) is 57.6 Å². The lowest BCUT2D eigenvalue weighted by molar-refractivity contribution is 0.584. The van der Waals surface area contributed by atoms with Gasteiger partial charge in [0.15, 0.2) is 0 Å². The summed E-state index contributed by atoms with van der Waals surface area (Å²) in [6.07, 6.45) is 0. The first-order valence-electron chi connectivity index (χ1n) is 7.17. The van der Waals surface area contributed by atoms with Crippen LogP contribution in [0.5, 0.6) is 0 Å². The van der Waals surface area contributed by atoms with Gasteiger partial charge < -0.3 is 0 Å². The molecule has 0 bridgehead atoms. The van der Waals surface area contributed by atoms with Crippen LogP contribution in [-0.2, 0) is 10.8 Å². The highest BCUT2D eigenvalue weighted by Crippen LogP contribution is 2.50. The first-order valence-corrected chi connectivity index (χ1v) is 7.96. The van der Waals surface area contributed by atoms with Crippen LogP contribution in [0.15, 0.2) is 40.9 Å². The number of hydrogen-bond acceptors (Lipinski definition) is 0. The van der Waals surface area contributed by atoms with Crippen LogP contribution in [0.1, 0.15) is 51.3 Å². The van der Waals surface area contributed by atoms with Crippen LogP contribution in [0.3, 0.4) is 0 Å². The van der Waals surface area contributed by atoms with E-state index in [9.17, 15) is 0 Å². The molecule has 2 aromatic rings. The molecule has 1 aliphatic rings. The highest BCUT2D eigenvalue weighted by Gasteiger charge is 2.36. The quantitative estimate of drug-likeness (QED) is 0.552. The fourth-order valence-corrected chi connectivity index (χ4v) is 3.54. The lowest BCUT2D eigenvalue weighted by atomic mass is 9.79. The number of benzene rings is 2. The molecule has 0 nitrogen and oxygen atoms in total. The third kappa shape index (κ3) is 1.95. The summed E-state index contributed by atoms with van der Waals surface area (Å²) < 4.78 is 1.16. The molecule has 1 aliphatic carbocycles. The van der Waals surface area contributed by atoms with Crippen molar-refractivity contribution in [2.75, 3.05) is 0 Å². The summed E-state index contributed by atoms with van der Waals surface area (Å²) in [4.78, 5) is 0. The monoisotopic (exact) mass is 328 g/mol. The second-order valence-corrected chi connectivity index (χ2v) is 8.24. The molecule has 20 heavy (non-hydrogen) atoms. The molecule has 0 aliphatic heterocycles. The van der Waals surface area contributed by atoms with Gasteiger partial charge in [-0.2, -0.15) is 0 Å². The largest absolute Gasteiger partial charge is 0.0579 e. The number of halogens is 1. The average molecular weight is 329 g/mol. The standard InChI is InChI=1S/C19H21Br/c1-18(2,3)12-6-8-14-15-9-7-13(20)11-17(15)19(4,5)16(14)10-12/h6-11H,1-5H3. The minimum absolute atomic E-state index is 0.0791. The Morgan fingerprint density at radius 2 is 1.40 bits per heavy atom. The molecule has 0 radical (unpaired) electrons. The topological polar surface area (TPSA) is 0 Å². The molecular formula is C19H21Br. The number of fused-ring (bicyclic) bond motifs is 3. The van der Waals surface area contributed by atoms with E-state index in [-0.39, 0.29) is 10.8 Å². The van der Waals surface area contributed by atoms with Gasteiger partial charge >= 0.3 is 0 Å². The summed E-state index contributed by atoms with van der Waals surface area (Å²) in [5.41, 5.74) is 7.34. The van der Waals surface area contributed by atoms with Crippen LogP contribution < -0.4 is 0 Å². The SMILES string of the molecule is CC(C)(C)c1ccc2c(c1)C(C)(C)c1cc(Br)ccc1-2. The van der Waals surface area contributed by atoms with Crippen LogP contribution in [0.2, 0.25) is 0 Å². The Bertz CT molecular complexity index is 687. The fraction of sp³-hybridized carbons (Fsp3) is 0.368. The van der Waals surface area contributed by atoms with Gasteiger partial charge in [-0.3, -0.25) is 0 Å². The molecule has 0 N–H and O–H groups in total. The normalized spacial score (nSPS) is 15.9. The summed E-state index contributed by atoms with van der Waals surface area (Å²) >= 11 is 3.61. The Morgan fingerprint density at radius 3 is 2.00 bits per heavy atom. The molecule has 0 aromatic heterocycles. The number of rotatable bonds is 0. The van der Waals surface area contributed by atoms with Crippen LogP contribution in [0.4, 0.5) is 0 Å². The van der Waals surface area contributed by atoms with E-state index in [0.29, 0.717) is 0 Å². The van der Waals surface area contributed by atoms with E-state index >= 15 is 0 Å². The molecule has 0 unspecified atom stereocenters. The maximum Gasteiger partial charge on any atom is 0.0178 e. The van der Waals surface area contributed by atoms with E-state index in [0.717, 1.165) is 4.47 Å². The molecule has 0 atom stereocenters. The van der Waals surface area contributed by atoms with Crippen molar-refractivity contribution in [3.63, 3.8) is 0 Å². The molecule has 2 aromatic carbocycles. The van der Waals surface area contributed by atoms with E-state index in [4.69, 9.17) is 0 Å². The third-order valence-electron chi connectivity index (χ3n) is 4.50. The van der Waals surface area contributed by atoms with Crippen molar-refractivity contribution < 1.29 is 0 Å². The molecular weight excluding hydrogens is 308 g/mol. The van der Waals surface area contributed by atoms with Crippen LogP contribution >= 0.6 is 15.9 Å². The second kappa shape index (κ2) is 4.21. The summed E-state index contributed by atoms with van der Waals surface area (Å²) in [7, 11) is 0. The average Bonchev–Trinajstić information content (AvgIpc) is 2.57. The highest BCUT2D eigenvalue weighted by molar-refractivity contribution is 9.10. The summed E-state index contributed by atoms with van der Waals surface area (Å²) in [6, 6.07) is 13.6. The molecule has 104 valence electrons. The Kier molecular flexibility index (Phi) is 2.92. The molecule has 0 saturated heterocycles. The molecule has 0 saturated carbocycles. The predicted octanol–water partition coefficient (Wildman–Crippen LogP) is 6.05. The van der Waals surface area contributed by atoms with Gasteiger partial charge in [-0.25, -0.2) is 0 Å². The van der Waals surface area contributed by atoms with E-state index in [1.165, 1.54) is 27.8 Å². The molecule has 1 heteroatoms. The smallest absolute Gasteiger partial charge is 0.0178 e. The van der Waals surface area contributed by atoms with E-state index in [2.05, 4.69) is 86.9 Å².